The minimum atomic E-state index is -2.01. The second-order valence-corrected chi connectivity index (χ2v) is 6.39. The number of amides is 2. The van der Waals surface area contributed by atoms with Gasteiger partial charge < -0.3 is 10.8 Å². The second-order valence-electron chi connectivity index (χ2n) is 6.39. The highest BCUT2D eigenvalue weighted by atomic mass is 16.3. The normalized spacial score (nSPS) is 18.7. The van der Waals surface area contributed by atoms with E-state index in [0.717, 1.165) is 16.9 Å². The van der Waals surface area contributed by atoms with E-state index in [2.05, 4.69) is 0 Å². The van der Waals surface area contributed by atoms with E-state index < -0.39 is 23.8 Å². The number of carbonyl (C=O) groups is 3. The molecular weight excluding hydrogens is 332 g/mol. The van der Waals surface area contributed by atoms with Crippen molar-refractivity contribution in [2.75, 3.05) is 11.4 Å². The van der Waals surface area contributed by atoms with Crippen LogP contribution < -0.4 is 10.6 Å². The van der Waals surface area contributed by atoms with Gasteiger partial charge in [-0.05, 0) is 18.1 Å². The lowest BCUT2D eigenvalue weighted by molar-refractivity contribution is -0.136. The Morgan fingerprint density at radius 3 is 2.38 bits per heavy atom. The molecule has 0 saturated carbocycles. The molecule has 1 heterocycles. The van der Waals surface area contributed by atoms with Crippen LogP contribution in [0.2, 0.25) is 0 Å². The number of Topliss-reactive ketones (excluding diaryl/α,β-unsaturated/α-hetero) is 1. The zero-order chi connectivity index (χ0) is 18.9. The van der Waals surface area contributed by atoms with Crippen molar-refractivity contribution >= 4 is 23.3 Å². The molecule has 26 heavy (non-hydrogen) atoms. The van der Waals surface area contributed by atoms with Gasteiger partial charge in [-0.2, -0.15) is 0 Å². The van der Waals surface area contributed by atoms with Gasteiger partial charge in [-0.25, -0.2) is 0 Å². The van der Waals surface area contributed by atoms with E-state index in [1.54, 1.807) is 36.4 Å². The molecule has 2 aromatic rings. The number of hydrogen-bond donors (Lipinski definition) is 2. The number of hydrogen-bond acceptors (Lipinski definition) is 4. The third-order valence-corrected chi connectivity index (χ3v) is 4.65. The standard InChI is InChI=1S/C20H20N2O4/c1-2-13-7-9-14(10-8-13)17(23)11-20(26)15-5-3-4-6-16(15)22(19(20)25)12-18(21)24/h3-10,26H,2,11-12H2,1H3,(H2,21,24). The van der Waals surface area contributed by atoms with Crippen LogP contribution >= 0.6 is 0 Å². The molecule has 0 aliphatic carbocycles. The molecule has 0 saturated heterocycles. The van der Waals surface area contributed by atoms with Gasteiger partial charge in [0.1, 0.15) is 6.54 Å². The summed E-state index contributed by atoms with van der Waals surface area (Å²) in [5, 5.41) is 11.1. The predicted octanol–water partition coefficient (Wildman–Crippen LogP) is 1.54. The molecule has 2 amide bonds. The first-order chi connectivity index (χ1) is 12.4. The number of nitrogens with zero attached hydrogens (tertiary/aromatic N) is 1. The van der Waals surface area contributed by atoms with Crippen LogP contribution in [0.4, 0.5) is 5.69 Å². The molecule has 134 valence electrons. The van der Waals surface area contributed by atoms with Crippen molar-refractivity contribution in [3.05, 3.63) is 65.2 Å². The highest BCUT2D eigenvalue weighted by Crippen LogP contribution is 2.42. The largest absolute Gasteiger partial charge is 0.375 e. The van der Waals surface area contributed by atoms with Gasteiger partial charge in [0.25, 0.3) is 5.91 Å². The summed E-state index contributed by atoms with van der Waals surface area (Å²) < 4.78 is 0. The molecule has 1 aliphatic heterocycles. The smallest absolute Gasteiger partial charge is 0.264 e. The predicted molar refractivity (Wildman–Crippen MR) is 96.7 cm³/mol. The van der Waals surface area contributed by atoms with Gasteiger partial charge in [0.15, 0.2) is 11.4 Å². The summed E-state index contributed by atoms with van der Waals surface area (Å²) >= 11 is 0. The van der Waals surface area contributed by atoms with Crippen molar-refractivity contribution in [1.82, 2.24) is 0 Å². The second kappa shape index (κ2) is 6.72. The SMILES string of the molecule is CCc1ccc(C(=O)CC2(O)C(=O)N(CC(N)=O)c3ccccc32)cc1. The first kappa shape index (κ1) is 17.8. The van der Waals surface area contributed by atoms with Gasteiger partial charge >= 0.3 is 0 Å². The number of primary amides is 1. The molecule has 3 N–H and O–H groups in total. The Balaban J connectivity index is 1.93. The van der Waals surface area contributed by atoms with Crippen molar-refractivity contribution in [1.29, 1.82) is 0 Å². The van der Waals surface area contributed by atoms with Crippen molar-refractivity contribution in [3.8, 4) is 0 Å². The zero-order valence-corrected chi connectivity index (χ0v) is 14.4. The van der Waals surface area contributed by atoms with Gasteiger partial charge in [0.05, 0.1) is 12.1 Å². The number of carbonyl (C=O) groups excluding carboxylic acids is 3. The van der Waals surface area contributed by atoms with E-state index in [1.807, 2.05) is 19.1 Å². The Bertz CT molecular complexity index is 876. The van der Waals surface area contributed by atoms with Crippen molar-refractivity contribution in [3.63, 3.8) is 0 Å². The number of aliphatic hydroxyl groups is 1. The molecule has 0 radical (unpaired) electrons. The Kier molecular flexibility index (Phi) is 4.61. The Morgan fingerprint density at radius 2 is 1.77 bits per heavy atom. The molecule has 2 aromatic carbocycles. The monoisotopic (exact) mass is 352 g/mol. The number of ketones is 1. The quantitative estimate of drug-likeness (QED) is 0.770. The number of nitrogens with two attached hydrogens (primary N) is 1. The summed E-state index contributed by atoms with van der Waals surface area (Å²) in [6.45, 7) is 1.67. The molecule has 0 fully saturated rings. The van der Waals surface area contributed by atoms with Gasteiger partial charge in [0, 0.05) is 11.1 Å². The van der Waals surface area contributed by atoms with Crippen molar-refractivity contribution in [2.24, 2.45) is 5.73 Å². The highest BCUT2D eigenvalue weighted by Gasteiger charge is 2.51. The molecule has 0 aromatic heterocycles. The minimum Gasteiger partial charge on any atom is -0.375 e. The van der Waals surface area contributed by atoms with E-state index >= 15 is 0 Å². The first-order valence-corrected chi connectivity index (χ1v) is 8.41. The Labute approximate surface area is 151 Å². The molecule has 6 heteroatoms. The van der Waals surface area contributed by atoms with Crippen LogP contribution in [0.3, 0.4) is 0 Å². The molecule has 0 bridgehead atoms. The number of anilines is 1. The number of aryl methyl sites for hydroxylation is 1. The summed E-state index contributed by atoms with van der Waals surface area (Å²) in [6.07, 6.45) is 0.454. The fourth-order valence-corrected chi connectivity index (χ4v) is 3.25. The fraction of sp³-hybridized carbons (Fsp3) is 0.250. The summed E-state index contributed by atoms with van der Waals surface area (Å²) in [5.74, 6) is -1.76. The average Bonchev–Trinajstić information content (AvgIpc) is 2.84. The Morgan fingerprint density at radius 1 is 1.12 bits per heavy atom. The summed E-state index contributed by atoms with van der Waals surface area (Å²) in [7, 11) is 0. The molecule has 0 spiro atoms. The maximum absolute atomic E-state index is 12.8. The molecule has 1 aliphatic rings. The van der Waals surface area contributed by atoms with Crippen molar-refractivity contribution < 1.29 is 19.5 Å². The maximum Gasteiger partial charge on any atom is 0.264 e. The van der Waals surface area contributed by atoms with Gasteiger partial charge in [-0.1, -0.05) is 49.4 Å². The van der Waals surface area contributed by atoms with Crippen LogP contribution in [0.15, 0.2) is 48.5 Å². The van der Waals surface area contributed by atoms with Gasteiger partial charge in [0.2, 0.25) is 5.91 Å². The number of benzene rings is 2. The van der Waals surface area contributed by atoms with Gasteiger partial charge in [-0.15, -0.1) is 0 Å². The molecule has 1 atom stereocenters. The first-order valence-electron chi connectivity index (χ1n) is 8.41. The number of rotatable bonds is 6. The highest BCUT2D eigenvalue weighted by molar-refractivity contribution is 6.12. The molecular formula is C20H20N2O4. The maximum atomic E-state index is 12.8. The van der Waals surface area contributed by atoms with E-state index in [4.69, 9.17) is 5.73 Å². The topological polar surface area (TPSA) is 101 Å². The van der Waals surface area contributed by atoms with Crippen LogP contribution in [-0.4, -0.2) is 29.2 Å². The van der Waals surface area contributed by atoms with Crippen LogP contribution in [0.1, 0.15) is 34.8 Å². The molecule has 6 nitrogen and oxygen atoms in total. The van der Waals surface area contributed by atoms with Crippen LogP contribution in [-0.2, 0) is 21.6 Å². The van der Waals surface area contributed by atoms with Crippen LogP contribution in [0.5, 0.6) is 0 Å². The summed E-state index contributed by atoms with van der Waals surface area (Å²) in [4.78, 5) is 37.9. The number of fused-ring (bicyclic) bond motifs is 1. The van der Waals surface area contributed by atoms with E-state index in [-0.39, 0.29) is 12.3 Å². The van der Waals surface area contributed by atoms with Crippen molar-refractivity contribution in [2.45, 2.75) is 25.4 Å². The minimum absolute atomic E-state index is 0.310. The molecule has 3 rings (SSSR count). The Hall–Kier alpha value is -2.99. The third kappa shape index (κ3) is 2.99. The van der Waals surface area contributed by atoms with Crippen LogP contribution in [0, 0.1) is 0 Å². The lowest BCUT2D eigenvalue weighted by Crippen LogP contribution is -2.44. The molecule has 1 unspecified atom stereocenters. The van der Waals surface area contributed by atoms with E-state index in [0.29, 0.717) is 16.8 Å². The summed E-state index contributed by atoms with van der Waals surface area (Å²) in [6, 6.07) is 13.6. The van der Waals surface area contributed by atoms with E-state index in [9.17, 15) is 19.5 Å². The average molecular weight is 352 g/mol. The van der Waals surface area contributed by atoms with Crippen LogP contribution in [0.25, 0.3) is 0 Å². The fourth-order valence-electron chi connectivity index (χ4n) is 3.25. The third-order valence-electron chi connectivity index (χ3n) is 4.65. The van der Waals surface area contributed by atoms with E-state index in [1.165, 1.54) is 0 Å². The summed E-state index contributed by atoms with van der Waals surface area (Å²) in [5.41, 5.74) is 5.44. The van der Waals surface area contributed by atoms with Gasteiger partial charge in [-0.3, -0.25) is 19.3 Å². The lowest BCUT2D eigenvalue weighted by Gasteiger charge is -2.22. The zero-order valence-electron chi connectivity index (χ0n) is 14.4. The number of para-hydroxylation sites is 1. The lowest BCUT2D eigenvalue weighted by atomic mass is 9.88.